The fourth-order valence-electron chi connectivity index (χ4n) is 3.26. The normalized spacial score (nSPS) is 26.3. The second kappa shape index (κ2) is 6.13. The second-order valence-corrected chi connectivity index (χ2v) is 8.28. The van der Waals surface area contributed by atoms with Gasteiger partial charge in [-0.05, 0) is 31.9 Å². The highest BCUT2D eigenvalue weighted by Crippen LogP contribution is 2.38. The number of hydrogen-bond donors (Lipinski definition) is 1. The Morgan fingerprint density at radius 1 is 1.35 bits per heavy atom. The second-order valence-electron chi connectivity index (χ2n) is 6.38. The summed E-state index contributed by atoms with van der Waals surface area (Å²) in [6.07, 6.45) is 3.16. The molecule has 1 saturated carbocycles. The SMILES string of the molecule is Cc1ccc(N(CC(=O)N[C@H]2C[C@@H]3OCC[C@H]23)S(C)(=O)=O)cc1. The molecule has 2 fully saturated rings. The van der Waals surface area contributed by atoms with Crippen LogP contribution in [0.5, 0.6) is 0 Å². The number of carbonyl (C=O) groups excluding carboxylic acids is 1. The lowest BCUT2D eigenvalue weighted by Crippen LogP contribution is -2.55. The van der Waals surface area contributed by atoms with Gasteiger partial charge in [-0.3, -0.25) is 9.10 Å². The monoisotopic (exact) mass is 338 g/mol. The van der Waals surface area contributed by atoms with Crippen molar-refractivity contribution in [1.82, 2.24) is 5.32 Å². The van der Waals surface area contributed by atoms with Crippen LogP contribution < -0.4 is 9.62 Å². The molecule has 1 aliphatic heterocycles. The first-order valence-corrected chi connectivity index (χ1v) is 9.65. The van der Waals surface area contributed by atoms with E-state index in [1.165, 1.54) is 0 Å². The van der Waals surface area contributed by atoms with Crippen molar-refractivity contribution in [2.75, 3.05) is 23.7 Å². The molecule has 0 unspecified atom stereocenters. The molecule has 1 aromatic rings. The van der Waals surface area contributed by atoms with Crippen LogP contribution >= 0.6 is 0 Å². The molecule has 0 aromatic heterocycles. The minimum Gasteiger partial charge on any atom is -0.378 e. The predicted octanol–water partition coefficient (Wildman–Crippen LogP) is 1.05. The largest absolute Gasteiger partial charge is 0.378 e. The number of aryl methyl sites for hydroxylation is 1. The Labute approximate surface area is 136 Å². The van der Waals surface area contributed by atoms with Gasteiger partial charge >= 0.3 is 0 Å². The predicted molar refractivity (Wildman–Crippen MR) is 87.8 cm³/mol. The van der Waals surface area contributed by atoms with Gasteiger partial charge in [-0.15, -0.1) is 0 Å². The number of anilines is 1. The van der Waals surface area contributed by atoms with Gasteiger partial charge in [0, 0.05) is 18.6 Å². The molecule has 1 amide bonds. The molecule has 0 spiro atoms. The van der Waals surface area contributed by atoms with Crippen LogP contribution in [0.15, 0.2) is 24.3 Å². The quantitative estimate of drug-likeness (QED) is 0.871. The Morgan fingerprint density at radius 3 is 2.65 bits per heavy atom. The minimum absolute atomic E-state index is 0.106. The summed E-state index contributed by atoms with van der Waals surface area (Å²) < 4.78 is 30.7. The van der Waals surface area contributed by atoms with Crippen molar-refractivity contribution in [3.05, 3.63) is 29.8 Å². The number of nitrogens with one attached hydrogen (secondary N) is 1. The molecular weight excluding hydrogens is 316 g/mol. The number of fused-ring (bicyclic) bond motifs is 1. The molecular formula is C16H22N2O4S. The molecule has 0 radical (unpaired) electrons. The number of amides is 1. The van der Waals surface area contributed by atoms with Crippen LogP contribution in [-0.4, -0.2) is 45.9 Å². The molecule has 1 saturated heterocycles. The van der Waals surface area contributed by atoms with Crippen molar-refractivity contribution >= 4 is 21.6 Å². The maximum absolute atomic E-state index is 12.3. The smallest absolute Gasteiger partial charge is 0.241 e. The average Bonchev–Trinajstić information content (AvgIpc) is 2.83. The summed E-state index contributed by atoms with van der Waals surface area (Å²) in [5.41, 5.74) is 1.54. The van der Waals surface area contributed by atoms with Crippen LogP contribution in [0.4, 0.5) is 5.69 Å². The molecule has 2 aliphatic rings. The van der Waals surface area contributed by atoms with E-state index in [0.717, 1.165) is 35.6 Å². The van der Waals surface area contributed by atoms with Gasteiger partial charge in [0.05, 0.1) is 18.0 Å². The molecule has 0 bridgehead atoms. The third-order valence-corrected chi connectivity index (χ3v) is 5.76. The standard InChI is InChI=1S/C16H22N2O4S/c1-11-3-5-12(6-4-11)18(23(2,20)21)10-16(19)17-14-9-15-13(14)7-8-22-15/h3-6,13-15H,7-10H2,1-2H3,(H,17,19)/t13-,14+,15+/m1/s1. The molecule has 1 aromatic carbocycles. The van der Waals surface area contributed by atoms with Crippen molar-refractivity contribution in [2.45, 2.75) is 31.9 Å². The highest BCUT2D eigenvalue weighted by atomic mass is 32.2. The van der Waals surface area contributed by atoms with Crippen molar-refractivity contribution in [3.8, 4) is 0 Å². The number of hydrogen-bond acceptors (Lipinski definition) is 4. The molecule has 1 heterocycles. The van der Waals surface area contributed by atoms with E-state index in [0.29, 0.717) is 11.6 Å². The van der Waals surface area contributed by atoms with Crippen LogP contribution in [0.1, 0.15) is 18.4 Å². The van der Waals surface area contributed by atoms with E-state index >= 15 is 0 Å². The molecule has 23 heavy (non-hydrogen) atoms. The van der Waals surface area contributed by atoms with Gasteiger partial charge in [-0.1, -0.05) is 17.7 Å². The van der Waals surface area contributed by atoms with Crippen molar-refractivity contribution in [2.24, 2.45) is 5.92 Å². The van der Waals surface area contributed by atoms with Gasteiger partial charge in [0.15, 0.2) is 0 Å². The third kappa shape index (κ3) is 3.50. The zero-order valence-corrected chi connectivity index (χ0v) is 14.2. The van der Waals surface area contributed by atoms with Gasteiger partial charge in [0.1, 0.15) is 6.54 Å². The van der Waals surface area contributed by atoms with Crippen LogP contribution in [-0.2, 0) is 19.6 Å². The van der Waals surface area contributed by atoms with E-state index in [1.807, 2.05) is 19.1 Å². The number of rotatable bonds is 5. The third-order valence-electron chi connectivity index (χ3n) is 4.62. The Morgan fingerprint density at radius 2 is 2.04 bits per heavy atom. The summed E-state index contributed by atoms with van der Waals surface area (Å²) >= 11 is 0. The number of benzene rings is 1. The Hall–Kier alpha value is -1.60. The maximum atomic E-state index is 12.3. The zero-order chi connectivity index (χ0) is 16.6. The maximum Gasteiger partial charge on any atom is 0.241 e. The van der Waals surface area contributed by atoms with Crippen molar-refractivity contribution in [1.29, 1.82) is 0 Å². The van der Waals surface area contributed by atoms with Crippen LogP contribution in [0.3, 0.4) is 0 Å². The molecule has 1 N–H and O–H groups in total. The minimum atomic E-state index is -3.52. The molecule has 1 aliphatic carbocycles. The summed E-state index contributed by atoms with van der Waals surface area (Å²) in [7, 11) is -3.52. The molecule has 7 heteroatoms. The highest BCUT2D eigenvalue weighted by Gasteiger charge is 2.45. The van der Waals surface area contributed by atoms with Gasteiger partial charge in [-0.25, -0.2) is 8.42 Å². The molecule has 126 valence electrons. The Bertz CT molecular complexity index is 687. The zero-order valence-electron chi connectivity index (χ0n) is 13.4. The molecule has 3 atom stereocenters. The summed E-state index contributed by atoms with van der Waals surface area (Å²) in [5.74, 6) is 0.108. The number of carbonyl (C=O) groups is 1. The van der Waals surface area contributed by atoms with Crippen molar-refractivity contribution < 1.29 is 17.9 Å². The van der Waals surface area contributed by atoms with Crippen LogP contribution in [0.2, 0.25) is 0 Å². The van der Waals surface area contributed by atoms with Gasteiger partial charge in [0.25, 0.3) is 0 Å². The lowest BCUT2D eigenvalue weighted by molar-refractivity contribution is -0.122. The Balaban J connectivity index is 1.66. The highest BCUT2D eigenvalue weighted by molar-refractivity contribution is 7.92. The number of nitrogens with zero attached hydrogens (tertiary/aromatic N) is 1. The number of sulfonamides is 1. The fourth-order valence-corrected chi connectivity index (χ4v) is 4.11. The van der Waals surface area contributed by atoms with Gasteiger partial charge < -0.3 is 10.1 Å². The van der Waals surface area contributed by atoms with E-state index in [1.54, 1.807) is 12.1 Å². The van der Waals surface area contributed by atoms with Gasteiger partial charge in [-0.2, -0.15) is 0 Å². The summed E-state index contributed by atoms with van der Waals surface area (Å²) in [6.45, 7) is 2.48. The van der Waals surface area contributed by atoms with E-state index < -0.39 is 10.0 Å². The van der Waals surface area contributed by atoms with Crippen molar-refractivity contribution in [3.63, 3.8) is 0 Å². The first kappa shape index (κ1) is 16.3. The van der Waals surface area contributed by atoms with Crippen LogP contribution in [0, 0.1) is 12.8 Å². The lowest BCUT2D eigenvalue weighted by Gasteiger charge is -2.39. The summed E-state index contributed by atoms with van der Waals surface area (Å²) in [6, 6.07) is 7.20. The first-order valence-electron chi connectivity index (χ1n) is 7.80. The number of ether oxygens (including phenoxy) is 1. The first-order chi connectivity index (χ1) is 10.8. The summed E-state index contributed by atoms with van der Waals surface area (Å²) in [4.78, 5) is 12.3. The molecule has 3 rings (SSSR count). The van der Waals surface area contributed by atoms with E-state index in [9.17, 15) is 13.2 Å². The van der Waals surface area contributed by atoms with E-state index in [2.05, 4.69) is 5.32 Å². The van der Waals surface area contributed by atoms with Gasteiger partial charge in [0.2, 0.25) is 15.9 Å². The van der Waals surface area contributed by atoms with E-state index in [4.69, 9.17) is 4.74 Å². The molecule has 6 nitrogen and oxygen atoms in total. The fraction of sp³-hybridized carbons (Fsp3) is 0.562. The van der Waals surface area contributed by atoms with E-state index in [-0.39, 0.29) is 24.6 Å². The average molecular weight is 338 g/mol. The summed E-state index contributed by atoms with van der Waals surface area (Å²) in [5, 5.41) is 2.95. The topological polar surface area (TPSA) is 75.7 Å². The lowest BCUT2D eigenvalue weighted by atomic mass is 9.76. The van der Waals surface area contributed by atoms with Crippen LogP contribution in [0.25, 0.3) is 0 Å². The Kier molecular flexibility index (Phi) is 4.33.